The fourth-order valence-electron chi connectivity index (χ4n) is 2.75. The number of aryl methyl sites for hydroxylation is 1. The third kappa shape index (κ3) is 2.21. The Morgan fingerprint density at radius 3 is 2.94 bits per heavy atom. The third-order valence-electron chi connectivity index (χ3n) is 3.93. The summed E-state index contributed by atoms with van der Waals surface area (Å²) < 4.78 is 0. The molecule has 1 fully saturated rings. The minimum Gasteiger partial charge on any atom is -0.383 e. The molecule has 1 saturated heterocycles. The van der Waals surface area contributed by atoms with E-state index in [1.165, 1.54) is 29.9 Å². The van der Waals surface area contributed by atoms with E-state index in [1.54, 1.807) is 0 Å². The first-order valence-electron chi connectivity index (χ1n) is 6.69. The standard InChI is InChI=1S/C13H20N4S/c1-17-6-7-18-8-11(17)13-15-10-5-3-2-4-9(10)12(14)16-13/h11H,2-8H2,1H3,(H2,14,15,16). The molecule has 0 radical (unpaired) electrons. The zero-order valence-electron chi connectivity index (χ0n) is 10.9. The van der Waals surface area contributed by atoms with Crippen molar-refractivity contribution in [1.29, 1.82) is 0 Å². The summed E-state index contributed by atoms with van der Waals surface area (Å²) >= 11 is 1.98. The number of fused-ring (bicyclic) bond motifs is 1. The SMILES string of the molecule is CN1CCSCC1c1nc(N)c2c(n1)CCCC2. The average molecular weight is 264 g/mol. The molecule has 5 heteroatoms. The van der Waals surface area contributed by atoms with E-state index in [9.17, 15) is 0 Å². The van der Waals surface area contributed by atoms with Gasteiger partial charge in [0.25, 0.3) is 0 Å². The van der Waals surface area contributed by atoms with Crippen LogP contribution in [0.25, 0.3) is 0 Å². The van der Waals surface area contributed by atoms with Crippen molar-refractivity contribution in [3.8, 4) is 0 Å². The molecular weight excluding hydrogens is 244 g/mol. The van der Waals surface area contributed by atoms with Crippen LogP contribution in [0.5, 0.6) is 0 Å². The number of nitrogen functional groups attached to an aromatic ring is 1. The van der Waals surface area contributed by atoms with E-state index >= 15 is 0 Å². The van der Waals surface area contributed by atoms with E-state index < -0.39 is 0 Å². The van der Waals surface area contributed by atoms with Gasteiger partial charge < -0.3 is 5.73 Å². The molecule has 98 valence electrons. The molecule has 2 N–H and O–H groups in total. The Balaban J connectivity index is 1.94. The molecule has 0 amide bonds. The van der Waals surface area contributed by atoms with Crippen LogP contribution in [0.3, 0.4) is 0 Å². The predicted molar refractivity (Wildman–Crippen MR) is 75.8 cm³/mol. The van der Waals surface area contributed by atoms with E-state index in [0.717, 1.165) is 36.8 Å². The summed E-state index contributed by atoms with van der Waals surface area (Å²) in [5.41, 5.74) is 8.52. The van der Waals surface area contributed by atoms with Gasteiger partial charge in [-0.05, 0) is 32.7 Å². The second kappa shape index (κ2) is 5.05. The van der Waals surface area contributed by atoms with Gasteiger partial charge in [-0.1, -0.05) is 0 Å². The Bertz CT molecular complexity index is 449. The first-order chi connectivity index (χ1) is 8.75. The van der Waals surface area contributed by atoms with Crippen LogP contribution < -0.4 is 5.73 Å². The van der Waals surface area contributed by atoms with Crippen molar-refractivity contribution in [3.63, 3.8) is 0 Å². The Hall–Kier alpha value is -0.810. The van der Waals surface area contributed by atoms with Gasteiger partial charge in [-0.15, -0.1) is 0 Å². The van der Waals surface area contributed by atoms with Crippen LogP contribution in [-0.2, 0) is 12.8 Å². The van der Waals surface area contributed by atoms with Crippen molar-refractivity contribution in [1.82, 2.24) is 14.9 Å². The lowest BCUT2D eigenvalue weighted by molar-refractivity contribution is 0.264. The minimum absolute atomic E-state index is 0.332. The molecule has 0 aromatic carbocycles. The molecule has 1 aromatic heterocycles. The summed E-state index contributed by atoms with van der Waals surface area (Å²) in [4.78, 5) is 11.7. The Kier molecular flexibility index (Phi) is 3.43. The first kappa shape index (κ1) is 12.2. The Morgan fingerprint density at radius 1 is 1.28 bits per heavy atom. The molecule has 2 heterocycles. The fourth-order valence-corrected chi connectivity index (χ4v) is 3.96. The Labute approximate surface area is 112 Å². The summed E-state index contributed by atoms with van der Waals surface area (Å²) in [6.45, 7) is 1.11. The number of hydrogen-bond acceptors (Lipinski definition) is 5. The quantitative estimate of drug-likeness (QED) is 0.836. The van der Waals surface area contributed by atoms with Crippen molar-refractivity contribution in [2.24, 2.45) is 0 Å². The summed E-state index contributed by atoms with van der Waals surface area (Å²) in [6.07, 6.45) is 4.58. The summed E-state index contributed by atoms with van der Waals surface area (Å²) in [5, 5.41) is 0. The molecule has 18 heavy (non-hydrogen) atoms. The third-order valence-corrected chi connectivity index (χ3v) is 4.95. The van der Waals surface area contributed by atoms with E-state index in [-0.39, 0.29) is 0 Å². The molecule has 4 nitrogen and oxygen atoms in total. The second-order valence-electron chi connectivity index (χ2n) is 5.17. The molecule has 1 unspecified atom stereocenters. The van der Waals surface area contributed by atoms with Crippen molar-refractivity contribution in [2.45, 2.75) is 31.7 Å². The summed E-state index contributed by atoms with van der Waals surface area (Å²) in [5.74, 6) is 3.93. The van der Waals surface area contributed by atoms with Gasteiger partial charge in [-0.2, -0.15) is 11.8 Å². The van der Waals surface area contributed by atoms with Gasteiger partial charge in [0.2, 0.25) is 0 Å². The largest absolute Gasteiger partial charge is 0.383 e. The topological polar surface area (TPSA) is 55.0 Å². The molecule has 1 aliphatic carbocycles. The molecule has 1 atom stereocenters. The van der Waals surface area contributed by atoms with Crippen LogP contribution >= 0.6 is 11.8 Å². The lowest BCUT2D eigenvalue weighted by Crippen LogP contribution is -2.34. The van der Waals surface area contributed by atoms with Crippen molar-refractivity contribution < 1.29 is 0 Å². The van der Waals surface area contributed by atoms with E-state index in [0.29, 0.717) is 6.04 Å². The molecule has 2 aliphatic rings. The van der Waals surface area contributed by atoms with Gasteiger partial charge in [0.05, 0.1) is 6.04 Å². The number of nitrogens with two attached hydrogens (primary N) is 1. The van der Waals surface area contributed by atoms with E-state index in [4.69, 9.17) is 10.7 Å². The van der Waals surface area contributed by atoms with Gasteiger partial charge in [-0.25, -0.2) is 9.97 Å². The number of nitrogens with zero attached hydrogens (tertiary/aromatic N) is 3. The van der Waals surface area contributed by atoms with Crippen LogP contribution in [-0.4, -0.2) is 40.0 Å². The maximum absolute atomic E-state index is 6.12. The van der Waals surface area contributed by atoms with Gasteiger partial charge in [0, 0.05) is 29.3 Å². The lowest BCUT2D eigenvalue weighted by atomic mass is 9.96. The summed E-state index contributed by atoms with van der Waals surface area (Å²) in [6, 6.07) is 0.332. The van der Waals surface area contributed by atoms with Crippen LogP contribution in [0.1, 0.15) is 36.0 Å². The van der Waals surface area contributed by atoms with Crippen molar-refractivity contribution in [2.75, 3.05) is 30.8 Å². The maximum Gasteiger partial charge on any atom is 0.148 e. The van der Waals surface area contributed by atoms with Gasteiger partial charge in [0.15, 0.2) is 0 Å². The first-order valence-corrected chi connectivity index (χ1v) is 7.84. The highest BCUT2D eigenvalue weighted by Crippen LogP contribution is 2.30. The molecule has 1 aromatic rings. The van der Waals surface area contributed by atoms with E-state index in [2.05, 4.69) is 16.9 Å². The van der Waals surface area contributed by atoms with Gasteiger partial charge in [-0.3, -0.25) is 4.90 Å². The van der Waals surface area contributed by atoms with Gasteiger partial charge in [0.1, 0.15) is 11.6 Å². The van der Waals surface area contributed by atoms with E-state index in [1.807, 2.05) is 11.8 Å². The molecule has 0 bridgehead atoms. The normalized spacial score (nSPS) is 24.8. The maximum atomic E-state index is 6.12. The second-order valence-corrected chi connectivity index (χ2v) is 6.32. The van der Waals surface area contributed by atoms with Crippen LogP contribution in [0.2, 0.25) is 0 Å². The Morgan fingerprint density at radius 2 is 2.11 bits per heavy atom. The minimum atomic E-state index is 0.332. The highest BCUT2D eigenvalue weighted by molar-refractivity contribution is 7.99. The molecule has 3 rings (SSSR count). The predicted octanol–water partition coefficient (Wildman–Crippen LogP) is 1.66. The number of rotatable bonds is 1. The average Bonchev–Trinajstić information content (AvgIpc) is 2.39. The lowest BCUT2D eigenvalue weighted by Gasteiger charge is -2.31. The smallest absolute Gasteiger partial charge is 0.148 e. The van der Waals surface area contributed by atoms with Gasteiger partial charge >= 0.3 is 0 Å². The van der Waals surface area contributed by atoms with Crippen LogP contribution in [0.15, 0.2) is 0 Å². The van der Waals surface area contributed by atoms with Crippen LogP contribution in [0, 0.1) is 0 Å². The monoisotopic (exact) mass is 264 g/mol. The number of aromatic nitrogens is 2. The number of anilines is 1. The number of thioether (sulfide) groups is 1. The highest BCUT2D eigenvalue weighted by Gasteiger charge is 2.26. The zero-order valence-corrected chi connectivity index (χ0v) is 11.7. The molecular formula is C13H20N4S. The van der Waals surface area contributed by atoms with Crippen LogP contribution in [0.4, 0.5) is 5.82 Å². The summed E-state index contributed by atoms with van der Waals surface area (Å²) in [7, 11) is 2.16. The number of hydrogen-bond donors (Lipinski definition) is 1. The molecule has 0 saturated carbocycles. The molecule has 1 aliphatic heterocycles. The van der Waals surface area contributed by atoms with Crippen molar-refractivity contribution in [3.05, 3.63) is 17.1 Å². The molecule has 0 spiro atoms. The highest BCUT2D eigenvalue weighted by atomic mass is 32.2. The fraction of sp³-hybridized carbons (Fsp3) is 0.692. The van der Waals surface area contributed by atoms with Crippen molar-refractivity contribution >= 4 is 17.6 Å². The zero-order chi connectivity index (χ0) is 12.5.